The van der Waals surface area contributed by atoms with E-state index in [2.05, 4.69) is 0 Å². The van der Waals surface area contributed by atoms with Gasteiger partial charge < -0.3 is 10.6 Å². The lowest BCUT2D eigenvalue weighted by molar-refractivity contribution is -0.121. The molecule has 0 heterocycles. The number of anilines is 1. The predicted octanol–water partition coefficient (Wildman–Crippen LogP) is 2.47. The van der Waals surface area contributed by atoms with Crippen molar-refractivity contribution in [1.82, 2.24) is 0 Å². The van der Waals surface area contributed by atoms with Crippen LogP contribution in [0.5, 0.6) is 0 Å². The number of amides is 1. The Morgan fingerprint density at radius 3 is 2.15 bits per heavy atom. The predicted molar refractivity (Wildman–Crippen MR) is 82.5 cm³/mol. The minimum absolute atomic E-state index is 0.0579. The molecule has 20 heavy (non-hydrogen) atoms. The van der Waals surface area contributed by atoms with Crippen molar-refractivity contribution >= 4 is 11.6 Å². The molecule has 3 heteroatoms. The van der Waals surface area contributed by atoms with Gasteiger partial charge in [-0.05, 0) is 24.1 Å². The second-order valence-electron chi connectivity index (χ2n) is 4.86. The minimum Gasteiger partial charge on any atom is -0.330 e. The molecule has 1 atom stereocenters. The second kappa shape index (κ2) is 6.87. The average Bonchev–Trinajstić information content (AvgIpc) is 2.53. The molecular formula is C17H20N2O. The summed E-state index contributed by atoms with van der Waals surface area (Å²) < 4.78 is 0. The Hall–Kier alpha value is -2.13. The molecule has 0 radical (unpaired) electrons. The fourth-order valence-electron chi connectivity index (χ4n) is 2.22. The summed E-state index contributed by atoms with van der Waals surface area (Å²) >= 11 is 0. The highest BCUT2D eigenvalue weighted by atomic mass is 16.2. The van der Waals surface area contributed by atoms with Gasteiger partial charge in [0.1, 0.15) is 0 Å². The topological polar surface area (TPSA) is 46.3 Å². The van der Waals surface area contributed by atoms with Gasteiger partial charge in [-0.1, -0.05) is 48.5 Å². The van der Waals surface area contributed by atoms with Gasteiger partial charge >= 0.3 is 0 Å². The molecule has 2 N–H and O–H groups in total. The summed E-state index contributed by atoms with van der Waals surface area (Å²) in [6.45, 7) is 0.352. The molecule has 2 aromatic rings. The van der Waals surface area contributed by atoms with Crippen molar-refractivity contribution in [2.24, 2.45) is 11.7 Å². The molecule has 104 valence electrons. The maximum atomic E-state index is 12.5. The van der Waals surface area contributed by atoms with E-state index in [1.165, 1.54) is 0 Å². The van der Waals surface area contributed by atoms with Crippen molar-refractivity contribution in [2.75, 3.05) is 18.5 Å². The summed E-state index contributed by atoms with van der Waals surface area (Å²) in [5.74, 6) is -0.134. The molecule has 2 aromatic carbocycles. The maximum absolute atomic E-state index is 12.5. The lowest BCUT2D eigenvalue weighted by atomic mass is 9.98. The van der Waals surface area contributed by atoms with Crippen LogP contribution in [0, 0.1) is 5.92 Å². The van der Waals surface area contributed by atoms with Crippen molar-refractivity contribution in [3.63, 3.8) is 0 Å². The number of hydrogen-bond acceptors (Lipinski definition) is 2. The fraction of sp³-hybridized carbons (Fsp3) is 0.235. The fourth-order valence-corrected chi connectivity index (χ4v) is 2.22. The van der Waals surface area contributed by atoms with Crippen LogP contribution in [0.15, 0.2) is 60.7 Å². The van der Waals surface area contributed by atoms with E-state index in [-0.39, 0.29) is 11.8 Å². The van der Waals surface area contributed by atoms with Crippen LogP contribution in [0.3, 0.4) is 0 Å². The maximum Gasteiger partial charge on any atom is 0.231 e. The van der Waals surface area contributed by atoms with Gasteiger partial charge in [0, 0.05) is 19.3 Å². The molecule has 0 aliphatic carbocycles. The van der Waals surface area contributed by atoms with E-state index >= 15 is 0 Å². The number of nitrogens with zero attached hydrogens (tertiary/aromatic N) is 1. The largest absolute Gasteiger partial charge is 0.330 e. The first kappa shape index (κ1) is 14.3. The van der Waals surface area contributed by atoms with Crippen molar-refractivity contribution < 1.29 is 4.79 Å². The molecule has 0 aliphatic rings. The van der Waals surface area contributed by atoms with Crippen LogP contribution in [0.2, 0.25) is 0 Å². The third-order valence-electron chi connectivity index (χ3n) is 3.43. The van der Waals surface area contributed by atoms with Crippen LogP contribution < -0.4 is 10.6 Å². The van der Waals surface area contributed by atoms with Crippen LogP contribution >= 0.6 is 0 Å². The number of carbonyl (C=O) groups excluding carboxylic acids is 1. The molecule has 1 unspecified atom stereocenters. The Kier molecular flexibility index (Phi) is 4.91. The van der Waals surface area contributed by atoms with Gasteiger partial charge in [0.25, 0.3) is 0 Å². The second-order valence-corrected chi connectivity index (χ2v) is 4.86. The minimum atomic E-state index is -0.192. The van der Waals surface area contributed by atoms with E-state index in [0.717, 1.165) is 11.3 Å². The van der Waals surface area contributed by atoms with E-state index in [4.69, 9.17) is 5.73 Å². The summed E-state index contributed by atoms with van der Waals surface area (Å²) in [4.78, 5) is 14.2. The van der Waals surface area contributed by atoms with E-state index in [9.17, 15) is 4.79 Å². The van der Waals surface area contributed by atoms with Gasteiger partial charge in [0.05, 0.1) is 5.92 Å². The van der Waals surface area contributed by atoms with Crippen molar-refractivity contribution in [3.05, 3.63) is 66.2 Å². The van der Waals surface area contributed by atoms with Crippen LogP contribution in [0.25, 0.3) is 0 Å². The van der Waals surface area contributed by atoms with Crippen LogP contribution in [0.1, 0.15) is 5.56 Å². The summed E-state index contributed by atoms with van der Waals surface area (Å²) in [5.41, 5.74) is 7.82. The zero-order valence-corrected chi connectivity index (χ0v) is 11.7. The van der Waals surface area contributed by atoms with Crippen molar-refractivity contribution in [3.8, 4) is 0 Å². The molecule has 0 aliphatic heterocycles. The molecule has 0 saturated carbocycles. The molecular weight excluding hydrogens is 248 g/mol. The number of para-hydroxylation sites is 1. The number of carbonyl (C=O) groups is 1. The lowest BCUT2D eigenvalue weighted by Gasteiger charge is -2.23. The Balaban J connectivity index is 2.09. The molecule has 1 amide bonds. The van der Waals surface area contributed by atoms with Crippen molar-refractivity contribution in [1.29, 1.82) is 0 Å². The highest BCUT2D eigenvalue weighted by Crippen LogP contribution is 2.16. The third-order valence-corrected chi connectivity index (χ3v) is 3.43. The first-order chi connectivity index (χ1) is 9.72. The quantitative estimate of drug-likeness (QED) is 0.905. The number of rotatable bonds is 5. The Morgan fingerprint density at radius 2 is 1.60 bits per heavy atom. The normalized spacial score (nSPS) is 11.9. The van der Waals surface area contributed by atoms with Gasteiger partial charge in [-0.3, -0.25) is 4.79 Å². The zero-order chi connectivity index (χ0) is 14.4. The first-order valence-electron chi connectivity index (χ1n) is 6.79. The highest BCUT2D eigenvalue weighted by Gasteiger charge is 2.21. The SMILES string of the molecule is CN(C(=O)C(CN)Cc1ccccc1)c1ccccc1. The summed E-state index contributed by atoms with van der Waals surface area (Å²) in [6.07, 6.45) is 0.674. The summed E-state index contributed by atoms with van der Waals surface area (Å²) in [7, 11) is 1.80. The molecule has 0 bridgehead atoms. The van der Waals surface area contributed by atoms with Gasteiger partial charge in [0.15, 0.2) is 0 Å². The molecule has 0 spiro atoms. The monoisotopic (exact) mass is 268 g/mol. The van der Waals surface area contributed by atoms with Crippen LogP contribution in [0.4, 0.5) is 5.69 Å². The van der Waals surface area contributed by atoms with Gasteiger partial charge in [-0.15, -0.1) is 0 Å². The number of benzene rings is 2. The van der Waals surface area contributed by atoms with E-state index in [0.29, 0.717) is 13.0 Å². The highest BCUT2D eigenvalue weighted by molar-refractivity contribution is 5.94. The summed E-state index contributed by atoms with van der Waals surface area (Å²) in [5, 5.41) is 0. The lowest BCUT2D eigenvalue weighted by Crippen LogP contribution is -2.37. The van der Waals surface area contributed by atoms with Gasteiger partial charge in [0.2, 0.25) is 5.91 Å². The third kappa shape index (κ3) is 3.45. The van der Waals surface area contributed by atoms with Gasteiger partial charge in [-0.25, -0.2) is 0 Å². The first-order valence-corrected chi connectivity index (χ1v) is 6.79. The molecule has 0 aromatic heterocycles. The van der Waals surface area contributed by atoms with Crippen LogP contribution in [-0.2, 0) is 11.2 Å². The average molecular weight is 268 g/mol. The van der Waals surface area contributed by atoms with E-state index < -0.39 is 0 Å². The van der Waals surface area contributed by atoms with E-state index in [1.807, 2.05) is 60.7 Å². The van der Waals surface area contributed by atoms with Crippen molar-refractivity contribution in [2.45, 2.75) is 6.42 Å². The number of hydrogen-bond donors (Lipinski definition) is 1. The van der Waals surface area contributed by atoms with Crippen LogP contribution in [-0.4, -0.2) is 19.5 Å². The molecule has 2 rings (SSSR count). The standard InChI is InChI=1S/C17H20N2O/c1-19(16-10-6-3-7-11-16)17(20)15(13-18)12-14-8-4-2-5-9-14/h2-11,15H,12-13,18H2,1H3. The smallest absolute Gasteiger partial charge is 0.231 e. The Morgan fingerprint density at radius 1 is 1.05 bits per heavy atom. The zero-order valence-electron chi connectivity index (χ0n) is 11.7. The Bertz CT molecular complexity index is 539. The Labute approximate surface area is 120 Å². The van der Waals surface area contributed by atoms with Gasteiger partial charge in [-0.2, -0.15) is 0 Å². The molecule has 3 nitrogen and oxygen atoms in total. The summed E-state index contributed by atoms with van der Waals surface area (Å²) in [6, 6.07) is 19.6. The molecule has 0 fully saturated rings. The van der Waals surface area contributed by atoms with E-state index in [1.54, 1.807) is 11.9 Å². The molecule has 0 saturated heterocycles. The number of nitrogens with two attached hydrogens (primary N) is 1.